The van der Waals surface area contributed by atoms with Gasteiger partial charge < -0.3 is 14.7 Å². The molecule has 26 heavy (non-hydrogen) atoms. The molecule has 2 aliphatic rings. The molecule has 2 fully saturated rings. The number of fused-ring (bicyclic) bond motifs is 1. The zero-order chi connectivity index (χ0) is 18.4. The Labute approximate surface area is 158 Å². The van der Waals surface area contributed by atoms with Crippen LogP contribution in [0, 0.1) is 18.8 Å². The minimum atomic E-state index is 0.157. The fourth-order valence-corrected chi connectivity index (χ4v) is 5.12. The fraction of sp³-hybridized carbons (Fsp3) is 0.526. The summed E-state index contributed by atoms with van der Waals surface area (Å²) in [6.07, 6.45) is 0. The van der Waals surface area contributed by atoms with E-state index in [4.69, 9.17) is 0 Å². The van der Waals surface area contributed by atoms with Gasteiger partial charge in [-0.15, -0.1) is 0 Å². The molecule has 138 valence electrons. The smallest absolute Gasteiger partial charge is 0.238 e. The molecule has 0 spiro atoms. The van der Waals surface area contributed by atoms with Crippen molar-refractivity contribution in [2.24, 2.45) is 11.8 Å². The second-order valence-electron chi connectivity index (χ2n) is 7.57. The molecular weight excluding hydrogens is 346 g/mol. The van der Waals surface area contributed by atoms with Crippen LogP contribution >= 0.6 is 11.5 Å². The summed E-state index contributed by atoms with van der Waals surface area (Å²) < 4.78 is 4.44. The van der Waals surface area contributed by atoms with Gasteiger partial charge in [-0.2, -0.15) is 9.36 Å². The summed E-state index contributed by atoms with van der Waals surface area (Å²) in [5.41, 5.74) is 2.54. The third kappa shape index (κ3) is 2.84. The van der Waals surface area contributed by atoms with Crippen LogP contribution < -0.4 is 9.80 Å². The highest BCUT2D eigenvalue weighted by molar-refractivity contribution is 7.09. The predicted molar refractivity (Wildman–Crippen MR) is 105 cm³/mol. The van der Waals surface area contributed by atoms with Crippen molar-refractivity contribution in [2.75, 3.05) is 43.5 Å². The number of carbonyl (C=O) groups excluding carboxylic acids is 1. The first-order valence-corrected chi connectivity index (χ1v) is 9.81. The second kappa shape index (κ2) is 6.54. The van der Waals surface area contributed by atoms with Crippen molar-refractivity contribution < 1.29 is 4.79 Å². The Hall–Kier alpha value is -2.15. The first-order chi connectivity index (χ1) is 12.5. The van der Waals surface area contributed by atoms with Crippen LogP contribution in [0.15, 0.2) is 24.3 Å². The van der Waals surface area contributed by atoms with Gasteiger partial charge in [0.05, 0.1) is 6.04 Å². The molecule has 2 aromatic rings. The third-order valence-electron chi connectivity index (χ3n) is 5.65. The van der Waals surface area contributed by atoms with Crippen molar-refractivity contribution in [1.82, 2.24) is 14.3 Å². The number of carbonyl (C=O) groups is 1. The Balaban J connectivity index is 1.62. The molecule has 0 unspecified atom stereocenters. The van der Waals surface area contributed by atoms with Crippen LogP contribution in [0.5, 0.6) is 0 Å². The summed E-state index contributed by atoms with van der Waals surface area (Å²) in [5, 5.41) is 0.987. The van der Waals surface area contributed by atoms with Gasteiger partial charge in [0.25, 0.3) is 0 Å². The molecule has 4 rings (SSSR count). The van der Waals surface area contributed by atoms with Crippen molar-refractivity contribution in [1.29, 1.82) is 0 Å². The standard InChI is InChI=1S/C19H25N5OS/c1-12-7-5-6-8-15(12)17-16-11-23(9-14(16)10-24(17)13(2)25)19-20-18(21-26-19)22(3)4/h5-8,14,16-17H,9-11H2,1-4H3/t14-,16-,17-/m1/s1. The molecule has 3 heterocycles. The van der Waals surface area contributed by atoms with E-state index in [0.717, 1.165) is 30.7 Å². The molecule has 6 nitrogen and oxygen atoms in total. The number of hydrogen-bond acceptors (Lipinski definition) is 6. The minimum Gasteiger partial charge on any atom is -0.346 e. The van der Waals surface area contributed by atoms with Gasteiger partial charge in [-0.05, 0) is 18.1 Å². The maximum absolute atomic E-state index is 12.3. The number of rotatable bonds is 3. The van der Waals surface area contributed by atoms with E-state index in [1.54, 1.807) is 6.92 Å². The van der Waals surface area contributed by atoms with E-state index in [2.05, 4.69) is 50.3 Å². The number of nitrogens with zero attached hydrogens (tertiary/aromatic N) is 5. The largest absolute Gasteiger partial charge is 0.346 e. The molecule has 2 saturated heterocycles. The first-order valence-electron chi connectivity index (χ1n) is 9.04. The van der Waals surface area contributed by atoms with E-state index in [1.807, 2.05) is 19.0 Å². The van der Waals surface area contributed by atoms with Gasteiger partial charge in [0.2, 0.25) is 17.0 Å². The Bertz CT molecular complexity index is 820. The topological polar surface area (TPSA) is 52.6 Å². The first kappa shape index (κ1) is 17.3. The van der Waals surface area contributed by atoms with Gasteiger partial charge in [-0.1, -0.05) is 24.3 Å². The summed E-state index contributed by atoms with van der Waals surface area (Å²) in [6, 6.07) is 8.62. The number of anilines is 2. The second-order valence-corrected chi connectivity index (χ2v) is 8.30. The van der Waals surface area contributed by atoms with Gasteiger partial charge in [0, 0.05) is 64.0 Å². The van der Waals surface area contributed by atoms with Gasteiger partial charge in [0.1, 0.15) is 0 Å². The predicted octanol–water partition coefficient (Wildman–Crippen LogP) is 2.57. The lowest BCUT2D eigenvalue weighted by Gasteiger charge is -2.30. The highest BCUT2D eigenvalue weighted by Gasteiger charge is 2.49. The van der Waals surface area contributed by atoms with Crippen molar-refractivity contribution in [3.63, 3.8) is 0 Å². The van der Waals surface area contributed by atoms with Crippen molar-refractivity contribution in [3.05, 3.63) is 35.4 Å². The third-order valence-corrected chi connectivity index (χ3v) is 6.42. The summed E-state index contributed by atoms with van der Waals surface area (Å²) in [5.74, 6) is 1.86. The number of aromatic nitrogens is 2. The fourth-order valence-electron chi connectivity index (χ4n) is 4.36. The monoisotopic (exact) mass is 371 g/mol. The average molecular weight is 372 g/mol. The number of likely N-dealkylation sites (tertiary alicyclic amines) is 1. The summed E-state index contributed by atoms with van der Waals surface area (Å²) in [7, 11) is 3.92. The quantitative estimate of drug-likeness (QED) is 0.830. The number of benzene rings is 1. The lowest BCUT2D eigenvalue weighted by Crippen LogP contribution is -2.34. The van der Waals surface area contributed by atoms with Crippen molar-refractivity contribution >= 4 is 28.5 Å². The lowest BCUT2D eigenvalue weighted by atomic mass is 9.87. The average Bonchev–Trinajstić information content (AvgIpc) is 3.28. The van der Waals surface area contributed by atoms with E-state index in [9.17, 15) is 4.79 Å². The number of hydrogen-bond donors (Lipinski definition) is 0. The maximum Gasteiger partial charge on any atom is 0.238 e. The Morgan fingerprint density at radius 3 is 2.65 bits per heavy atom. The normalized spacial score (nSPS) is 24.8. The van der Waals surface area contributed by atoms with E-state index in [-0.39, 0.29) is 11.9 Å². The zero-order valence-electron chi connectivity index (χ0n) is 15.7. The van der Waals surface area contributed by atoms with Crippen LogP contribution in [0.3, 0.4) is 0 Å². The van der Waals surface area contributed by atoms with Crippen LogP contribution in [0.25, 0.3) is 0 Å². The van der Waals surface area contributed by atoms with E-state index < -0.39 is 0 Å². The molecule has 3 atom stereocenters. The molecule has 0 N–H and O–H groups in total. The van der Waals surface area contributed by atoms with Gasteiger partial charge in [0.15, 0.2) is 0 Å². The van der Waals surface area contributed by atoms with Crippen LogP contribution in [0.4, 0.5) is 11.1 Å². The molecular formula is C19H25N5OS. The SMILES string of the molecule is CC(=O)N1C[C@H]2CN(c3nc(N(C)C)ns3)C[C@H]2[C@H]1c1ccccc1C. The molecule has 1 aromatic heterocycles. The van der Waals surface area contributed by atoms with Crippen molar-refractivity contribution in [3.8, 4) is 0 Å². The van der Waals surface area contributed by atoms with E-state index in [0.29, 0.717) is 11.8 Å². The molecule has 2 aliphatic heterocycles. The molecule has 0 aliphatic carbocycles. The Kier molecular flexibility index (Phi) is 4.34. The van der Waals surface area contributed by atoms with Gasteiger partial charge >= 0.3 is 0 Å². The molecule has 0 radical (unpaired) electrons. The number of amides is 1. The van der Waals surface area contributed by atoms with E-state index >= 15 is 0 Å². The zero-order valence-corrected chi connectivity index (χ0v) is 16.5. The summed E-state index contributed by atoms with van der Waals surface area (Å²) >= 11 is 1.46. The molecule has 1 aromatic carbocycles. The lowest BCUT2D eigenvalue weighted by molar-refractivity contribution is -0.130. The Morgan fingerprint density at radius 1 is 1.23 bits per heavy atom. The van der Waals surface area contributed by atoms with E-state index in [1.165, 1.54) is 22.7 Å². The van der Waals surface area contributed by atoms with Crippen LogP contribution in [0.2, 0.25) is 0 Å². The Morgan fingerprint density at radius 2 is 2.00 bits per heavy atom. The van der Waals surface area contributed by atoms with Crippen molar-refractivity contribution in [2.45, 2.75) is 19.9 Å². The summed E-state index contributed by atoms with van der Waals surface area (Å²) in [4.78, 5) is 23.3. The van der Waals surface area contributed by atoms with Gasteiger partial charge in [-0.3, -0.25) is 4.79 Å². The van der Waals surface area contributed by atoms with Gasteiger partial charge in [-0.25, -0.2) is 0 Å². The maximum atomic E-state index is 12.3. The van der Waals surface area contributed by atoms with Crippen LogP contribution in [-0.2, 0) is 4.79 Å². The molecule has 0 saturated carbocycles. The summed E-state index contributed by atoms with van der Waals surface area (Å²) in [6.45, 7) is 6.53. The highest BCUT2D eigenvalue weighted by atomic mass is 32.1. The molecule has 1 amide bonds. The minimum absolute atomic E-state index is 0.157. The number of aryl methyl sites for hydroxylation is 1. The van der Waals surface area contributed by atoms with Crippen LogP contribution in [0.1, 0.15) is 24.1 Å². The highest BCUT2D eigenvalue weighted by Crippen LogP contribution is 2.46. The molecule has 7 heteroatoms. The molecule has 0 bridgehead atoms. The van der Waals surface area contributed by atoms with Crippen LogP contribution in [-0.4, -0.2) is 53.9 Å².